The Morgan fingerprint density at radius 2 is 0.727 bits per heavy atom. The molecule has 0 heterocycles. The number of hydrogen-bond acceptors (Lipinski definition) is 15. The number of azide groups is 1. The van der Waals surface area contributed by atoms with Gasteiger partial charge < -0.3 is 61.7 Å². The summed E-state index contributed by atoms with van der Waals surface area (Å²) < 4.78 is 0. The van der Waals surface area contributed by atoms with Crippen molar-refractivity contribution < 1.29 is 56.0 Å². The van der Waals surface area contributed by atoms with Gasteiger partial charge in [0.2, 0.25) is 0 Å². The Bertz CT molecular complexity index is 4290. The van der Waals surface area contributed by atoms with Crippen molar-refractivity contribution in [2.75, 3.05) is 24.7 Å². The van der Waals surface area contributed by atoms with Crippen LogP contribution in [0, 0.1) is 96.4 Å². The molecule has 0 saturated heterocycles. The summed E-state index contributed by atoms with van der Waals surface area (Å²) in [6.45, 7) is 11.4. The molecular formula is C92H124N6O12. The van der Waals surface area contributed by atoms with E-state index >= 15 is 0 Å². The minimum absolute atomic E-state index is 0.0154. The summed E-state index contributed by atoms with van der Waals surface area (Å²) in [7, 11) is 3.99. The normalized spacial score (nSPS) is 39.7. The van der Waals surface area contributed by atoms with E-state index in [1.165, 1.54) is 95.9 Å². The van der Waals surface area contributed by atoms with Gasteiger partial charge in [0.05, 0.1) is 52.5 Å². The van der Waals surface area contributed by atoms with E-state index in [0.717, 1.165) is 164 Å². The molecule has 15 unspecified atom stereocenters. The molecule has 0 radical (unpaired) electrons. The van der Waals surface area contributed by atoms with Crippen LogP contribution in [0.2, 0.25) is 0 Å². The largest absolute Gasteiger partial charge is 0.508 e. The fourth-order valence-electron chi connectivity index (χ4n) is 28.5. The minimum atomic E-state index is -0.495. The summed E-state index contributed by atoms with van der Waals surface area (Å²) >= 11 is 0. The Balaban J connectivity index is 0.000000105. The Labute approximate surface area is 650 Å². The van der Waals surface area contributed by atoms with Gasteiger partial charge in [-0.3, -0.25) is 10.1 Å². The highest BCUT2D eigenvalue weighted by Gasteiger charge is 2.60. The number of rotatable bonds is 3. The van der Waals surface area contributed by atoms with Crippen LogP contribution >= 0.6 is 0 Å². The Hall–Kier alpha value is -6.79. The van der Waals surface area contributed by atoms with Crippen molar-refractivity contribution in [3.8, 4) is 28.7 Å². The smallest absolute Gasteiger partial charge is 0.310 e. The molecule has 5 aromatic rings. The van der Waals surface area contributed by atoms with Gasteiger partial charge in [0.1, 0.15) is 23.0 Å². The minimum Gasteiger partial charge on any atom is -0.508 e. The van der Waals surface area contributed by atoms with E-state index in [0.29, 0.717) is 106 Å². The van der Waals surface area contributed by atoms with E-state index in [2.05, 4.69) is 56.8 Å². The molecule has 594 valence electrons. The van der Waals surface area contributed by atoms with Crippen LogP contribution in [-0.2, 0) is 32.1 Å². The van der Waals surface area contributed by atoms with Gasteiger partial charge in [0.15, 0.2) is 5.75 Å². The Morgan fingerprint density at radius 1 is 0.409 bits per heavy atom. The van der Waals surface area contributed by atoms with Crippen molar-refractivity contribution in [1.82, 2.24) is 0 Å². The third-order valence-corrected chi connectivity index (χ3v) is 34.6. The standard InChI is InChI=1S/C20H29NO2.C18H23N3O2.C18H23NO4.C18H25NO2.C18H24O2/c1-20-9-8-13-14(16(20)6-7-19(20)23)5-4-12-10-18(22)17(21(2)3)11-15(12)13;1-18-7-6-11-12(14(18)4-5-17(18)23)3-2-10-8-16(22)15(20-21-19)9-13(10)11;1-18-7-6-11-12(14(18)4-5-17(18)21)3-2-10-8-16(20)15(19(22)23)9-13(10)11;1-18-7-6-11-12(14(18)4-5-17(18)21)3-2-10-8-16(20)15(19)9-13(10)11;1-18-9-8-14-13-5-3-12(19)10-11(13)2-4-15(14)16(18)6-7-17(18)20/h10-11,13-14,16,19,22-23H,4-9H2,1-3H3;8-9,11-12,14,17,22-23H,2-7H2,1H3;8-9,11-12,14,17,20-21H,2-7H2,1H3;8-9,11-12,14,17,20-21H,2-7,19H2,1H3;3,5,10,14-17,19-20H,2,4,6-9H2,1H3/t13?,14?,16?,19-,20-;3*11?,12?,14?,17-,18-;14?,15?,16?,17-,18-/m00000/s1. The Morgan fingerprint density at radius 3 is 1.09 bits per heavy atom. The van der Waals surface area contributed by atoms with E-state index in [1.54, 1.807) is 18.2 Å². The average molecular weight is 1510 g/mol. The highest BCUT2D eigenvalue weighted by molar-refractivity contribution is 5.63. The van der Waals surface area contributed by atoms with Crippen LogP contribution in [-0.4, -0.2) is 101 Å². The zero-order chi connectivity index (χ0) is 77.6. The first-order chi connectivity index (χ1) is 52.5. The van der Waals surface area contributed by atoms with Crippen LogP contribution in [0.3, 0.4) is 0 Å². The maximum absolute atomic E-state index is 11.2. The Kier molecular flexibility index (Phi) is 20.5. The van der Waals surface area contributed by atoms with Gasteiger partial charge in [-0.05, 0) is 424 Å². The molecule has 18 heteroatoms. The second kappa shape index (κ2) is 29.2. The maximum Gasteiger partial charge on any atom is 0.310 e. The molecular weight excluding hydrogens is 1380 g/mol. The average Bonchev–Trinajstić information content (AvgIpc) is 1.52. The van der Waals surface area contributed by atoms with Crippen LogP contribution in [0.4, 0.5) is 22.7 Å². The van der Waals surface area contributed by atoms with Gasteiger partial charge in [-0.2, -0.15) is 0 Å². The number of anilines is 2. The van der Waals surface area contributed by atoms with Crippen molar-refractivity contribution in [3.63, 3.8) is 0 Å². The van der Waals surface area contributed by atoms with E-state index in [4.69, 9.17) is 11.3 Å². The molecule has 25 atom stereocenters. The third-order valence-electron chi connectivity index (χ3n) is 34.6. The molecule has 10 saturated carbocycles. The number of phenolic OH excluding ortho intramolecular Hbond substituents is 5. The zero-order valence-electron chi connectivity index (χ0n) is 66.2. The lowest BCUT2D eigenvalue weighted by atomic mass is 9.55. The van der Waals surface area contributed by atoms with Crippen molar-refractivity contribution in [2.24, 2.45) is 91.4 Å². The van der Waals surface area contributed by atoms with Crippen LogP contribution in [0.5, 0.6) is 28.7 Å². The van der Waals surface area contributed by atoms with Crippen molar-refractivity contribution in [3.05, 3.63) is 143 Å². The lowest BCUT2D eigenvalue weighted by molar-refractivity contribution is -0.386. The van der Waals surface area contributed by atoms with E-state index in [-0.39, 0.29) is 80.5 Å². The lowest BCUT2D eigenvalue weighted by Gasteiger charge is -2.50. The molecule has 0 bridgehead atoms. The maximum atomic E-state index is 11.2. The van der Waals surface area contributed by atoms with Crippen LogP contribution in [0.25, 0.3) is 10.4 Å². The van der Waals surface area contributed by atoms with Gasteiger partial charge in [-0.15, -0.1) is 0 Å². The molecule has 5 aromatic carbocycles. The second-order valence-corrected chi connectivity index (χ2v) is 39.2. The number of nitrogens with zero attached hydrogens (tertiary/aromatic N) is 5. The predicted octanol–water partition coefficient (Wildman–Crippen LogP) is 18.5. The van der Waals surface area contributed by atoms with Gasteiger partial charge in [0, 0.05) is 25.1 Å². The summed E-state index contributed by atoms with van der Waals surface area (Å²) in [5, 5.41) is 117. The molecule has 0 amide bonds. The molecule has 10 fully saturated rings. The van der Waals surface area contributed by atoms with Gasteiger partial charge >= 0.3 is 5.69 Å². The van der Waals surface area contributed by atoms with E-state index < -0.39 is 4.92 Å². The quantitative estimate of drug-likeness (QED) is 0.0152. The second-order valence-electron chi connectivity index (χ2n) is 39.2. The van der Waals surface area contributed by atoms with Crippen molar-refractivity contribution in [2.45, 2.75) is 287 Å². The monoisotopic (exact) mass is 1500 g/mol. The molecule has 0 aromatic heterocycles. The molecule has 0 spiro atoms. The van der Waals surface area contributed by atoms with Gasteiger partial charge in [-0.1, -0.05) is 45.8 Å². The molecule has 12 N–H and O–H groups in total. The number of aliphatic hydroxyl groups is 5. The first-order valence-electron chi connectivity index (χ1n) is 42.7. The molecule has 110 heavy (non-hydrogen) atoms. The summed E-state index contributed by atoms with van der Waals surface area (Å²) in [6.07, 6.45) is 31.7. The summed E-state index contributed by atoms with van der Waals surface area (Å²) in [4.78, 5) is 15.5. The number of nitro groups is 1. The molecule has 15 aliphatic rings. The number of benzene rings is 5. The summed E-state index contributed by atoms with van der Waals surface area (Å²) in [6, 6.07) is 21.0. The SMILES string of the molecule is CN(C)c1cc2c(cc1O)CCC1C2CC[C@@]2(C)C1CC[C@@H]2O.C[C@]12CCC3c4cc(N)c(O)cc4CCC3C1CC[C@@H]2O.C[C@]12CCC3c4cc(N=[N+]=[N-])c(O)cc4CCC3C1CC[C@@H]2O.C[C@]12CCC3c4cc([N+](=O)[O-])c(O)cc4CCC3C1CC[C@@H]2O.C[C@]12CCC3c4ccc(O)cc4CCC3C1CC[C@@H]2O. The van der Waals surface area contributed by atoms with E-state index in [9.17, 15) is 61.2 Å². The summed E-state index contributed by atoms with van der Waals surface area (Å²) in [5.41, 5.74) is 29.6. The van der Waals surface area contributed by atoms with Crippen molar-refractivity contribution >= 4 is 22.7 Å². The highest BCUT2D eigenvalue weighted by Crippen LogP contribution is 2.67. The van der Waals surface area contributed by atoms with E-state index in [1.807, 2.05) is 55.4 Å². The molecule has 20 rings (SSSR count). The number of nitrogen functional groups attached to an aromatic ring is 1. The number of nitrogens with two attached hydrogens (primary N) is 1. The number of nitro benzene ring substituents is 1. The molecule has 0 aliphatic heterocycles. The summed E-state index contributed by atoms with van der Waals surface area (Å²) in [5.74, 6) is 9.86. The fraction of sp³-hybridized carbons (Fsp3) is 0.674. The van der Waals surface area contributed by atoms with Crippen LogP contribution < -0.4 is 10.6 Å². The van der Waals surface area contributed by atoms with Crippen LogP contribution in [0.15, 0.2) is 71.8 Å². The highest BCUT2D eigenvalue weighted by atomic mass is 16.6. The third kappa shape index (κ3) is 12.9. The zero-order valence-corrected chi connectivity index (χ0v) is 66.2. The van der Waals surface area contributed by atoms with Gasteiger partial charge in [-0.25, -0.2) is 0 Å². The molecule has 15 aliphatic carbocycles. The first kappa shape index (κ1) is 77.2. The number of aromatic hydroxyl groups is 5. The van der Waals surface area contributed by atoms with Gasteiger partial charge in [0.25, 0.3) is 0 Å². The van der Waals surface area contributed by atoms with Crippen LogP contribution in [0.1, 0.15) is 280 Å². The number of phenols is 5. The number of fused-ring (bicyclic) bond motifs is 25. The fourth-order valence-corrected chi connectivity index (χ4v) is 28.5. The topological polar surface area (TPSA) is 323 Å². The van der Waals surface area contributed by atoms with Crippen molar-refractivity contribution in [1.29, 1.82) is 0 Å². The number of aryl methyl sites for hydroxylation is 5. The predicted molar refractivity (Wildman–Crippen MR) is 428 cm³/mol. The molecule has 18 nitrogen and oxygen atoms in total. The number of aliphatic hydroxyl groups excluding tert-OH is 5. The lowest BCUT2D eigenvalue weighted by Crippen LogP contribution is -2.43. The number of hydrogen-bond donors (Lipinski definition) is 11. The first-order valence-corrected chi connectivity index (χ1v) is 42.7.